The average molecular weight is 387 g/mol. The van der Waals surface area contributed by atoms with Gasteiger partial charge in [0.15, 0.2) is 0 Å². The molecule has 0 atom stereocenters. The number of benzene rings is 2. The second-order valence-corrected chi connectivity index (χ2v) is 5.99. The molecule has 26 heavy (non-hydrogen) atoms. The first kappa shape index (κ1) is 19.7. The molecule has 2 aromatic heterocycles. The molecular weight excluding hydrogens is 371 g/mol. The minimum absolute atomic E-state index is 0.517. The summed E-state index contributed by atoms with van der Waals surface area (Å²) < 4.78 is 0. The van der Waals surface area contributed by atoms with E-state index in [9.17, 15) is 0 Å². The predicted octanol–water partition coefficient (Wildman–Crippen LogP) is 5.00. The highest BCUT2D eigenvalue weighted by Crippen LogP contribution is 2.21. The average Bonchev–Trinajstić information content (AvgIpc) is 2.66. The van der Waals surface area contributed by atoms with Crippen LogP contribution in [0.15, 0.2) is 49.1 Å². The number of aromatic nitrogens is 4. The Labute approximate surface area is 161 Å². The molecule has 7 heteroatoms. The van der Waals surface area contributed by atoms with Gasteiger partial charge in [0.25, 0.3) is 0 Å². The molecule has 4 aromatic rings. The molecule has 0 unspecified atom stereocenters. The zero-order valence-electron chi connectivity index (χ0n) is 14.3. The summed E-state index contributed by atoms with van der Waals surface area (Å²) in [5.74, 6) is 0. The van der Waals surface area contributed by atoms with Crippen molar-refractivity contribution in [1.82, 2.24) is 19.9 Å². The van der Waals surface area contributed by atoms with Crippen molar-refractivity contribution < 1.29 is 4.79 Å². The minimum atomic E-state index is 0.517. The lowest BCUT2D eigenvalue weighted by Gasteiger charge is -2.00. The van der Waals surface area contributed by atoms with E-state index in [0.717, 1.165) is 32.9 Å². The van der Waals surface area contributed by atoms with Crippen molar-refractivity contribution in [2.75, 3.05) is 0 Å². The Balaban J connectivity index is 0.000000171. The molecule has 0 aliphatic heterocycles. The molecule has 0 amide bonds. The number of fused-ring (bicyclic) bond motifs is 2. The summed E-state index contributed by atoms with van der Waals surface area (Å²) in [6, 6.07) is 11.8. The van der Waals surface area contributed by atoms with E-state index in [4.69, 9.17) is 28.0 Å². The van der Waals surface area contributed by atoms with Crippen molar-refractivity contribution in [3.05, 3.63) is 70.5 Å². The third-order valence-corrected chi connectivity index (χ3v) is 4.24. The monoisotopic (exact) mass is 386 g/mol. The summed E-state index contributed by atoms with van der Waals surface area (Å²) >= 11 is 11.8. The van der Waals surface area contributed by atoms with Gasteiger partial charge in [0.05, 0.1) is 11.0 Å². The van der Waals surface area contributed by atoms with E-state index in [-0.39, 0.29) is 0 Å². The van der Waals surface area contributed by atoms with Gasteiger partial charge in [0.1, 0.15) is 29.7 Å². The zero-order chi connectivity index (χ0) is 19.1. The second-order valence-electron chi connectivity index (χ2n) is 5.27. The summed E-state index contributed by atoms with van der Waals surface area (Å²) in [6.45, 7) is 6.01. The van der Waals surface area contributed by atoms with Crippen LogP contribution in [-0.2, 0) is 4.79 Å². The minimum Gasteiger partial charge on any atom is -0.307 e. The van der Waals surface area contributed by atoms with Crippen molar-refractivity contribution in [3.8, 4) is 0 Å². The zero-order valence-corrected chi connectivity index (χ0v) is 15.8. The molecule has 4 rings (SSSR count). The van der Waals surface area contributed by atoms with E-state index >= 15 is 0 Å². The lowest BCUT2D eigenvalue weighted by Crippen LogP contribution is -1.85. The topological polar surface area (TPSA) is 68.6 Å². The fourth-order valence-electron chi connectivity index (χ4n) is 2.41. The van der Waals surface area contributed by atoms with Gasteiger partial charge in [0.2, 0.25) is 0 Å². The first-order valence-corrected chi connectivity index (χ1v) is 8.34. The van der Waals surface area contributed by atoms with Crippen LogP contribution in [0.2, 0.25) is 10.3 Å². The number of nitrogens with zero attached hydrogens (tertiary/aromatic N) is 4. The predicted molar refractivity (Wildman–Crippen MR) is 106 cm³/mol. The molecule has 2 heterocycles. The lowest BCUT2D eigenvalue weighted by atomic mass is 10.1. The van der Waals surface area contributed by atoms with E-state index in [1.807, 2.05) is 57.0 Å². The normalized spacial score (nSPS) is 9.85. The van der Waals surface area contributed by atoms with Crippen LogP contribution in [0.1, 0.15) is 11.1 Å². The van der Waals surface area contributed by atoms with Gasteiger partial charge in [-0.2, -0.15) is 0 Å². The maximum atomic E-state index is 8.00. The molecule has 0 fully saturated rings. The first-order chi connectivity index (χ1) is 12.6. The fourth-order valence-corrected chi connectivity index (χ4v) is 2.80. The Morgan fingerprint density at radius 3 is 1.42 bits per heavy atom. The molecule has 0 saturated carbocycles. The Morgan fingerprint density at radius 1 is 0.692 bits per heavy atom. The number of para-hydroxylation sites is 2. The Hall–Kier alpha value is -2.63. The molecule has 132 valence electrons. The third-order valence-electron chi connectivity index (χ3n) is 3.64. The SMILES string of the molecule is C=O.Cc1cccc2c(Cl)ncnc12.Cc1cccc2c(Cl)ncnc12. The van der Waals surface area contributed by atoms with Crippen molar-refractivity contribution in [1.29, 1.82) is 0 Å². The molecule has 0 radical (unpaired) electrons. The molecule has 0 spiro atoms. The summed E-state index contributed by atoms with van der Waals surface area (Å²) in [5.41, 5.74) is 4.10. The summed E-state index contributed by atoms with van der Waals surface area (Å²) in [7, 11) is 0. The highest BCUT2D eigenvalue weighted by molar-refractivity contribution is 6.34. The molecule has 0 saturated heterocycles. The maximum Gasteiger partial charge on any atom is 0.140 e. The van der Waals surface area contributed by atoms with Gasteiger partial charge >= 0.3 is 0 Å². The number of rotatable bonds is 0. The van der Waals surface area contributed by atoms with E-state index in [2.05, 4.69) is 19.9 Å². The lowest BCUT2D eigenvalue weighted by molar-refractivity contribution is -0.0979. The summed E-state index contributed by atoms with van der Waals surface area (Å²) in [6.07, 6.45) is 2.97. The van der Waals surface area contributed by atoms with Gasteiger partial charge in [-0.1, -0.05) is 47.5 Å². The molecule has 0 bridgehead atoms. The van der Waals surface area contributed by atoms with Gasteiger partial charge < -0.3 is 4.79 Å². The highest BCUT2D eigenvalue weighted by atomic mass is 35.5. The first-order valence-electron chi connectivity index (χ1n) is 7.58. The Morgan fingerprint density at radius 2 is 1.08 bits per heavy atom. The van der Waals surface area contributed by atoms with E-state index in [0.29, 0.717) is 10.3 Å². The summed E-state index contributed by atoms with van der Waals surface area (Å²) in [5, 5.41) is 2.87. The Bertz CT molecular complexity index is 875. The van der Waals surface area contributed by atoms with E-state index in [1.165, 1.54) is 12.7 Å². The number of hydrogen-bond acceptors (Lipinski definition) is 5. The van der Waals surface area contributed by atoms with Crippen molar-refractivity contribution in [3.63, 3.8) is 0 Å². The number of hydrogen-bond donors (Lipinski definition) is 0. The van der Waals surface area contributed by atoms with Gasteiger partial charge in [-0.15, -0.1) is 0 Å². The molecule has 0 aliphatic rings. The van der Waals surface area contributed by atoms with Crippen LogP contribution in [-0.4, -0.2) is 26.7 Å². The molecule has 0 aliphatic carbocycles. The highest BCUT2D eigenvalue weighted by Gasteiger charge is 2.02. The molecular formula is C19H16Cl2N4O. The van der Waals surface area contributed by atoms with E-state index in [1.54, 1.807) is 0 Å². The van der Waals surface area contributed by atoms with Crippen LogP contribution >= 0.6 is 23.2 Å². The molecule has 5 nitrogen and oxygen atoms in total. The van der Waals surface area contributed by atoms with Gasteiger partial charge in [-0.25, -0.2) is 19.9 Å². The quantitative estimate of drug-likeness (QED) is 0.397. The Kier molecular flexibility index (Phi) is 6.95. The number of carbonyl (C=O) groups is 1. The van der Waals surface area contributed by atoms with Crippen LogP contribution in [0.4, 0.5) is 0 Å². The fraction of sp³-hybridized carbons (Fsp3) is 0.105. The number of carbonyl (C=O) groups excluding carboxylic acids is 1. The van der Waals surface area contributed by atoms with Gasteiger partial charge in [-0.05, 0) is 37.1 Å². The van der Waals surface area contributed by atoms with Gasteiger partial charge in [0, 0.05) is 10.8 Å². The van der Waals surface area contributed by atoms with Crippen LogP contribution < -0.4 is 0 Å². The second kappa shape index (κ2) is 9.17. The van der Waals surface area contributed by atoms with Crippen molar-refractivity contribution in [2.24, 2.45) is 0 Å². The molecule has 2 aromatic carbocycles. The maximum absolute atomic E-state index is 8.00. The molecule has 0 N–H and O–H groups in total. The van der Waals surface area contributed by atoms with Crippen LogP contribution in [0.25, 0.3) is 21.8 Å². The smallest absolute Gasteiger partial charge is 0.140 e. The standard InChI is InChI=1S/2C9H7ClN2.CH2O/c2*1-6-3-2-4-7-8(6)11-5-12-9(7)10;1-2/h2*2-5H,1H3;1H2. The van der Waals surface area contributed by atoms with Crippen molar-refractivity contribution in [2.45, 2.75) is 13.8 Å². The number of halogens is 2. The van der Waals surface area contributed by atoms with Crippen LogP contribution in [0, 0.1) is 13.8 Å². The number of aryl methyl sites for hydroxylation is 2. The van der Waals surface area contributed by atoms with Crippen LogP contribution in [0.3, 0.4) is 0 Å². The largest absolute Gasteiger partial charge is 0.307 e. The van der Waals surface area contributed by atoms with Crippen molar-refractivity contribution >= 4 is 51.8 Å². The third kappa shape index (κ3) is 4.31. The summed E-state index contributed by atoms with van der Waals surface area (Å²) in [4.78, 5) is 24.1. The van der Waals surface area contributed by atoms with E-state index < -0.39 is 0 Å². The van der Waals surface area contributed by atoms with Gasteiger partial charge in [-0.3, -0.25) is 0 Å². The van der Waals surface area contributed by atoms with Crippen LogP contribution in [0.5, 0.6) is 0 Å².